The predicted molar refractivity (Wildman–Crippen MR) is 108 cm³/mol. The Labute approximate surface area is 164 Å². The Morgan fingerprint density at radius 1 is 1.19 bits per heavy atom. The molecule has 0 fully saturated rings. The Kier molecular flexibility index (Phi) is 6.71. The highest BCUT2D eigenvalue weighted by atomic mass is 79.9. The lowest BCUT2D eigenvalue weighted by Crippen LogP contribution is -2.24. The van der Waals surface area contributed by atoms with Crippen molar-refractivity contribution in [2.75, 3.05) is 19.0 Å². The van der Waals surface area contributed by atoms with E-state index in [-0.39, 0.29) is 12.2 Å². The molecule has 0 bridgehead atoms. The molecule has 0 aliphatic carbocycles. The number of thioether (sulfide) groups is 1. The van der Waals surface area contributed by atoms with Crippen LogP contribution < -0.4 is 10.3 Å². The van der Waals surface area contributed by atoms with E-state index in [1.54, 1.807) is 10.6 Å². The minimum atomic E-state index is -0.0699. The summed E-state index contributed by atoms with van der Waals surface area (Å²) in [5.74, 6) is 1.46. The Bertz CT molecular complexity index is 945. The Balaban J connectivity index is 1.74. The molecule has 0 spiro atoms. The summed E-state index contributed by atoms with van der Waals surface area (Å²) in [6.45, 7) is 0.987. The quantitative estimate of drug-likeness (QED) is 0.332. The van der Waals surface area contributed by atoms with Crippen molar-refractivity contribution < 1.29 is 9.84 Å². The van der Waals surface area contributed by atoms with Gasteiger partial charge in [-0.05, 0) is 36.8 Å². The molecule has 0 unspecified atom stereocenters. The fourth-order valence-electron chi connectivity index (χ4n) is 2.53. The van der Waals surface area contributed by atoms with E-state index in [4.69, 9.17) is 9.84 Å². The van der Waals surface area contributed by atoms with E-state index in [1.165, 1.54) is 11.8 Å². The van der Waals surface area contributed by atoms with Crippen molar-refractivity contribution in [3.05, 3.63) is 63.4 Å². The van der Waals surface area contributed by atoms with Crippen LogP contribution in [0.15, 0.2) is 63.0 Å². The van der Waals surface area contributed by atoms with Crippen molar-refractivity contribution in [1.82, 2.24) is 9.55 Å². The van der Waals surface area contributed by atoms with Crippen LogP contribution in [0.25, 0.3) is 10.9 Å². The average molecular weight is 435 g/mol. The normalized spacial score (nSPS) is 11.0. The number of halogens is 1. The third-order valence-electron chi connectivity index (χ3n) is 3.75. The van der Waals surface area contributed by atoms with Gasteiger partial charge in [-0.15, -0.1) is 0 Å². The third-order valence-corrected chi connectivity index (χ3v) is 5.18. The molecule has 136 valence electrons. The predicted octanol–water partition coefficient (Wildman–Crippen LogP) is 3.71. The second-order valence-electron chi connectivity index (χ2n) is 5.60. The Hall–Kier alpha value is -1.83. The first-order valence-electron chi connectivity index (χ1n) is 8.30. The van der Waals surface area contributed by atoms with Crippen molar-refractivity contribution in [2.24, 2.45) is 0 Å². The number of hydrogen-bond donors (Lipinski definition) is 1. The molecule has 0 saturated carbocycles. The van der Waals surface area contributed by atoms with Crippen LogP contribution in [0, 0.1) is 0 Å². The van der Waals surface area contributed by atoms with Gasteiger partial charge in [-0.25, -0.2) is 4.98 Å². The second kappa shape index (κ2) is 9.21. The van der Waals surface area contributed by atoms with E-state index in [0.717, 1.165) is 10.2 Å². The standard InChI is InChI=1S/C19H19BrN2O3S/c20-14-5-3-6-15(13-14)25-11-12-26-19-21-17-8-2-1-7-16(17)18(24)22(19)9-4-10-23/h1-3,5-8,13,23H,4,9-12H2. The molecule has 2 aromatic carbocycles. The number of aromatic nitrogens is 2. The Morgan fingerprint density at radius 2 is 2.04 bits per heavy atom. The SMILES string of the molecule is O=c1c2ccccc2nc(SCCOc2cccc(Br)c2)n1CCCO. The summed E-state index contributed by atoms with van der Waals surface area (Å²) in [6.07, 6.45) is 0.516. The monoisotopic (exact) mass is 434 g/mol. The van der Waals surface area contributed by atoms with E-state index in [2.05, 4.69) is 20.9 Å². The zero-order valence-corrected chi connectivity index (χ0v) is 16.5. The van der Waals surface area contributed by atoms with Gasteiger partial charge in [0.2, 0.25) is 0 Å². The molecule has 5 nitrogen and oxygen atoms in total. The number of para-hydroxylation sites is 1. The lowest BCUT2D eigenvalue weighted by atomic mass is 10.2. The van der Waals surface area contributed by atoms with Crippen LogP contribution in [-0.2, 0) is 6.54 Å². The highest BCUT2D eigenvalue weighted by molar-refractivity contribution is 9.10. The molecule has 0 amide bonds. The number of rotatable bonds is 8. The van der Waals surface area contributed by atoms with Gasteiger partial charge in [0, 0.05) is 23.4 Å². The smallest absolute Gasteiger partial charge is 0.262 e. The first-order valence-corrected chi connectivity index (χ1v) is 10.1. The van der Waals surface area contributed by atoms with Gasteiger partial charge < -0.3 is 9.84 Å². The van der Waals surface area contributed by atoms with Gasteiger partial charge in [0.05, 0.1) is 17.5 Å². The fraction of sp³-hybridized carbons (Fsp3) is 0.263. The molecule has 7 heteroatoms. The summed E-state index contributed by atoms with van der Waals surface area (Å²) in [5.41, 5.74) is 0.618. The zero-order chi connectivity index (χ0) is 18.4. The van der Waals surface area contributed by atoms with E-state index in [9.17, 15) is 4.79 Å². The van der Waals surface area contributed by atoms with E-state index in [0.29, 0.717) is 41.4 Å². The fourth-order valence-corrected chi connectivity index (χ4v) is 3.75. The van der Waals surface area contributed by atoms with E-state index < -0.39 is 0 Å². The van der Waals surface area contributed by atoms with Gasteiger partial charge in [0.25, 0.3) is 5.56 Å². The first-order chi connectivity index (χ1) is 12.7. The number of hydrogen-bond acceptors (Lipinski definition) is 5. The van der Waals surface area contributed by atoms with Crippen molar-refractivity contribution in [1.29, 1.82) is 0 Å². The zero-order valence-electron chi connectivity index (χ0n) is 14.1. The molecule has 1 heterocycles. The maximum Gasteiger partial charge on any atom is 0.262 e. The summed E-state index contributed by atoms with van der Waals surface area (Å²) in [5, 5.41) is 10.4. The van der Waals surface area contributed by atoms with E-state index in [1.807, 2.05) is 42.5 Å². The molecule has 0 aliphatic rings. The molecule has 0 aliphatic heterocycles. The largest absolute Gasteiger partial charge is 0.493 e. The highest BCUT2D eigenvalue weighted by Crippen LogP contribution is 2.20. The molecule has 0 atom stereocenters. The van der Waals surface area contributed by atoms with Crippen LogP contribution in [-0.4, -0.2) is 33.6 Å². The minimum Gasteiger partial charge on any atom is -0.493 e. The van der Waals surface area contributed by atoms with Crippen LogP contribution in [0.2, 0.25) is 0 Å². The molecular formula is C19H19BrN2O3S. The summed E-state index contributed by atoms with van der Waals surface area (Å²) < 4.78 is 8.35. The van der Waals surface area contributed by atoms with Gasteiger partial charge in [0.1, 0.15) is 5.75 Å². The van der Waals surface area contributed by atoms with Gasteiger partial charge >= 0.3 is 0 Å². The first kappa shape index (κ1) is 18.9. The summed E-state index contributed by atoms with van der Waals surface area (Å²) in [7, 11) is 0. The average Bonchev–Trinajstić information content (AvgIpc) is 2.65. The van der Waals surface area contributed by atoms with Gasteiger partial charge in [-0.3, -0.25) is 9.36 Å². The number of aliphatic hydroxyl groups is 1. The second-order valence-corrected chi connectivity index (χ2v) is 7.58. The summed E-state index contributed by atoms with van der Waals surface area (Å²) in [6, 6.07) is 15.0. The molecule has 1 N–H and O–H groups in total. The Morgan fingerprint density at radius 3 is 2.85 bits per heavy atom. The topological polar surface area (TPSA) is 64.3 Å². The van der Waals surface area contributed by atoms with Crippen molar-refractivity contribution in [3.8, 4) is 5.75 Å². The summed E-state index contributed by atoms with van der Waals surface area (Å²) in [4.78, 5) is 17.4. The lowest BCUT2D eigenvalue weighted by molar-refractivity contribution is 0.276. The minimum absolute atomic E-state index is 0.0371. The van der Waals surface area contributed by atoms with Crippen LogP contribution in [0.3, 0.4) is 0 Å². The molecule has 0 radical (unpaired) electrons. The number of aliphatic hydroxyl groups excluding tert-OH is 1. The third kappa shape index (κ3) is 4.66. The van der Waals surface area contributed by atoms with Crippen molar-refractivity contribution in [3.63, 3.8) is 0 Å². The maximum atomic E-state index is 12.7. The number of benzene rings is 2. The molecule has 3 aromatic rings. The number of nitrogens with zero attached hydrogens (tertiary/aromatic N) is 2. The van der Waals surface area contributed by atoms with Gasteiger partial charge in [0.15, 0.2) is 5.16 Å². The van der Waals surface area contributed by atoms with E-state index >= 15 is 0 Å². The maximum absolute atomic E-state index is 12.7. The molecule has 26 heavy (non-hydrogen) atoms. The number of fused-ring (bicyclic) bond motifs is 1. The van der Waals surface area contributed by atoms with Crippen LogP contribution >= 0.6 is 27.7 Å². The summed E-state index contributed by atoms with van der Waals surface area (Å²) >= 11 is 4.90. The number of ether oxygens (including phenoxy) is 1. The van der Waals surface area contributed by atoms with Gasteiger partial charge in [-0.2, -0.15) is 0 Å². The molecular weight excluding hydrogens is 416 g/mol. The molecule has 0 saturated heterocycles. The molecule has 3 rings (SSSR count). The van der Waals surface area contributed by atoms with Crippen molar-refractivity contribution in [2.45, 2.75) is 18.1 Å². The van der Waals surface area contributed by atoms with Crippen LogP contribution in [0.1, 0.15) is 6.42 Å². The van der Waals surface area contributed by atoms with Crippen LogP contribution in [0.4, 0.5) is 0 Å². The molecule has 1 aromatic heterocycles. The van der Waals surface area contributed by atoms with Crippen LogP contribution in [0.5, 0.6) is 5.75 Å². The van der Waals surface area contributed by atoms with Crippen molar-refractivity contribution >= 4 is 38.6 Å². The van der Waals surface area contributed by atoms with Gasteiger partial charge in [-0.1, -0.05) is 45.9 Å². The lowest BCUT2D eigenvalue weighted by Gasteiger charge is -2.13. The highest BCUT2D eigenvalue weighted by Gasteiger charge is 2.11.